The minimum absolute atomic E-state index is 0.0440. The molecule has 0 amide bonds. The lowest BCUT2D eigenvalue weighted by Gasteiger charge is -2.20. The van der Waals surface area contributed by atoms with Crippen molar-refractivity contribution in [3.05, 3.63) is 35.4 Å². The Morgan fingerprint density at radius 3 is 2.62 bits per heavy atom. The lowest BCUT2D eigenvalue weighted by atomic mass is 9.93. The third-order valence-corrected chi connectivity index (χ3v) is 5.86. The number of sulfonamides is 1. The molecule has 0 aromatic heterocycles. The van der Waals surface area contributed by atoms with Gasteiger partial charge in [0.1, 0.15) is 4.99 Å². The maximum Gasteiger partial charge on any atom is 0.215 e. The second kappa shape index (κ2) is 6.02. The Kier molecular flexibility index (Phi) is 4.70. The van der Waals surface area contributed by atoms with Crippen LogP contribution in [0.5, 0.6) is 0 Å². The molecule has 4 nitrogen and oxygen atoms in total. The molecule has 2 rings (SSSR count). The average molecular weight is 326 g/mol. The Hall–Kier alpha value is -0.980. The smallest absolute Gasteiger partial charge is 0.215 e. The van der Waals surface area contributed by atoms with Crippen LogP contribution in [0.25, 0.3) is 0 Å². The molecule has 1 aliphatic rings. The highest BCUT2D eigenvalue weighted by molar-refractivity contribution is 7.88. The second-order valence-corrected chi connectivity index (χ2v) is 8.41. The topological polar surface area (TPSA) is 72.2 Å². The molecule has 0 unspecified atom stereocenters. The van der Waals surface area contributed by atoms with E-state index in [1.807, 2.05) is 0 Å². The van der Waals surface area contributed by atoms with Crippen LogP contribution in [0.4, 0.5) is 0 Å². The van der Waals surface area contributed by atoms with Crippen LogP contribution in [0.3, 0.4) is 0 Å². The molecule has 1 aromatic carbocycles. The SMILES string of the molecule is CC(C)C1(CNS(=O)(=O)Cc2cccc(C(N)=S)c2)CC1. The predicted octanol–water partition coefficient (Wildman–Crippen LogP) is 2.18. The molecular weight excluding hydrogens is 304 g/mol. The number of rotatable bonds is 7. The van der Waals surface area contributed by atoms with Crippen molar-refractivity contribution in [3.63, 3.8) is 0 Å². The van der Waals surface area contributed by atoms with Crippen molar-refractivity contribution >= 4 is 27.2 Å². The van der Waals surface area contributed by atoms with E-state index in [0.717, 1.165) is 12.8 Å². The molecule has 0 radical (unpaired) electrons. The highest BCUT2D eigenvalue weighted by atomic mass is 32.2. The van der Waals surface area contributed by atoms with Crippen LogP contribution < -0.4 is 10.5 Å². The minimum Gasteiger partial charge on any atom is -0.389 e. The van der Waals surface area contributed by atoms with Crippen LogP contribution in [0, 0.1) is 11.3 Å². The van der Waals surface area contributed by atoms with Gasteiger partial charge in [-0.2, -0.15) is 0 Å². The van der Waals surface area contributed by atoms with Gasteiger partial charge in [-0.25, -0.2) is 13.1 Å². The van der Waals surface area contributed by atoms with Crippen LogP contribution in [-0.2, 0) is 15.8 Å². The number of hydrogen-bond donors (Lipinski definition) is 2. The van der Waals surface area contributed by atoms with Gasteiger partial charge >= 0.3 is 0 Å². The molecule has 1 aliphatic carbocycles. The van der Waals surface area contributed by atoms with Crippen molar-refractivity contribution in [2.75, 3.05) is 6.54 Å². The zero-order valence-electron chi connectivity index (χ0n) is 12.4. The van der Waals surface area contributed by atoms with Crippen molar-refractivity contribution in [1.82, 2.24) is 4.72 Å². The molecule has 21 heavy (non-hydrogen) atoms. The van der Waals surface area contributed by atoms with Gasteiger partial charge in [0.25, 0.3) is 0 Å². The van der Waals surface area contributed by atoms with E-state index in [1.54, 1.807) is 24.3 Å². The van der Waals surface area contributed by atoms with Crippen molar-refractivity contribution in [2.45, 2.75) is 32.4 Å². The Balaban J connectivity index is 2.01. The fourth-order valence-corrected chi connectivity index (χ4v) is 3.81. The maximum atomic E-state index is 12.2. The van der Waals surface area contributed by atoms with Crippen molar-refractivity contribution in [3.8, 4) is 0 Å². The largest absolute Gasteiger partial charge is 0.389 e. The van der Waals surface area contributed by atoms with Gasteiger partial charge in [0, 0.05) is 12.1 Å². The molecule has 3 N–H and O–H groups in total. The molecule has 1 aromatic rings. The molecular formula is C15H22N2O2S2. The molecule has 1 fully saturated rings. The number of benzene rings is 1. The monoisotopic (exact) mass is 326 g/mol. The quantitative estimate of drug-likeness (QED) is 0.753. The number of hydrogen-bond acceptors (Lipinski definition) is 3. The van der Waals surface area contributed by atoms with Gasteiger partial charge in [0.2, 0.25) is 10.0 Å². The normalized spacial score (nSPS) is 16.9. The Labute approximate surface area is 132 Å². The molecule has 0 aliphatic heterocycles. The van der Waals surface area contributed by atoms with E-state index >= 15 is 0 Å². The summed E-state index contributed by atoms with van der Waals surface area (Å²) in [5.41, 5.74) is 7.12. The fraction of sp³-hybridized carbons (Fsp3) is 0.533. The molecule has 1 saturated carbocycles. The van der Waals surface area contributed by atoms with Gasteiger partial charge in [-0.3, -0.25) is 0 Å². The van der Waals surface area contributed by atoms with Gasteiger partial charge in [0.05, 0.1) is 5.75 Å². The summed E-state index contributed by atoms with van der Waals surface area (Å²) in [5, 5.41) is 0. The van der Waals surface area contributed by atoms with Gasteiger partial charge in [-0.05, 0) is 35.8 Å². The number of thiocarbonyl (C=S) groups is 1. The summed E-state index contributed by atoms with van der Waals surface area (Å²) in [4.78, 5) is 0.277. The van der Waals surface area contributed by atoms with Gasteiger partial charge < -0.3 is 5.73 Å². The summed E-state index contributed by atoms with van der Waals surface area (Å²) in [6.07, 6.45) is 2.20. The molecule has 0 saturated heterocycles. The van der Waals surface area contributed by atoms with E-state index in [9.17, 15) is 8.42 Å². The lowest BCUT2D eigenvalue weighted by molar-refractivity contribution is 0.357. The van der Waals surface area contributed by atoms with Gasteiger partial charge in [0.15, 0.2) is 0 Å². The van der Waals surface area contributed by atoms with E-state index < -0.39 is 10.0 Å². The molecule has 0 bridgehead atoms. The third kappa shape index (κ3) is 4.25. The summed E-state index contributed by atoms with van der Waals surface area (Å²) in [7, 11) is -3.34. The van der Waals surface area contributed by atoms with Crippen LogP contribution in [0.2, 0.25) is 0 Å². The summed E-state index contributed by atoms with van der Waals surface area (Å²) < 4.78 is 27.2. The number of nitrogens with two attached hydrogens (primary N) is 1. The Morgan fingerprint density at radius 2 is 2.10 bits per heavy atom. The maximum absolute atomic E-state index is 12.2. The predicted molar refractivity (Wildman–Crippen MR) is 89.5 cm³/mol. The highest BCUT2D eigenvalue weighted by Gasteiger charge is 2.45. The summed E-state index contributed by atoms with van der Waals surface area (Å²) in [6.45, 7) is 4.82. The Morgan fingerprint density at radius 1 is 1.43 bits per heavy atom. The van der Waals surface area contributed by atoms with Crippen molar-refractivity contribution < 1.29 is 8.42 Å². The van der Waals surface area contributed by atoms with E-state index in [-0.39, 0.29) is 16.2 Å². The van der Waals surface area contributed by atoms with E-state index in [0.29, 0.717) is 23.6 Å². The van der Waals surface area contributed by atoms with Crippen LogP contribution >= 0.6 is 12.2 Å². The minimum atomic E-state index is -3.34. The Bertz CT molecular complexity index is 635. The second-order valence-electron chi connectivity index (χ2n) is 6.16. The van der Waals surface area contributed by atoms with Gasteiger partial charge in [-0.15, -0.1) is 0 Å². The molecule has 0 spiro atoms. The lowest BCUT2D eigenvalue weighted by Crippen LogP contribution is -2.33. The van der Waals surface area contributed by atoms with Gasteiger partial charge in [-0.1, -0.05) is 44.3 Å². The average Bonchev–Trinajstić information content (AvgIpc) is 3.17. The van der Waals surface area contributed by atoms with Crippen molar-refractivity contribution in [1.29, 1.82) is 0 Å². The van der Waals surface area contributed by atoms with Crippen molar-refractivity contribution in [2.24, 2.45) is 17.1 Å². The summed E-state index contributed by atoms with van der Waals surface area (Å²) >= 11 is 4.91. The zero-order valence-corrected chi connectivity index (χ0v) is 14.1. The van der Waals surface area contributed by atoms with E-state index in [2.05, 4.69) is 18.6 Å². The highest BCUT2D eigenvalue weighted by Crippen LogP contribution is 2.51. The van der Waals surface area contributed by atoms with Crippen LogP contribution in [0.15, 0.2) is 24.3 Å². The molecule has 0 atom stereocenters. The fourth-order valence-electron chi connectivity index (χ4n) is 2.46. The molecule has 116 valence electrons. The summed E-state index contributed by atoms with van der Waals surface area (Å²) in [6, 6.07) is 7.06. The van der Waals surface area contributed by atoms with E-state index in [1.165, 1.54) is 0 Å². The van der Waals surface area contributed by atoms with Crippen LogP contribution in [0.1, 0.15) is 37.8 Å². The number of nitrogens with one attached hydrogen (secondary N) is 1. The molecule has 6 heteroatoms. The zero-order chi connectivity index (χ0) is 15.7. The third-order valence-electron chi connectivity index (χ3n) is 4.33. The first-order valence-electron chi connectivity index (χ1n) is 7.10. The van der Waals surface area contributed by atoms with Crippen LogP contribution in [-0.4, -0.2) is 20.0 Å². The summed E-state index contributed by atoms with van der Waals surface area (Å²) in [5.74, 6) is 0.454. The molecule has 0 heterocycles. The standard InChI is InChI=1S/C15H22N2O2S2/c1-11(2)15(6-7-15)10-17-21(18,19)9-12-4-3-5-13(8-12)14(16)20/h3-5,8,11,17H,6-7,9-10H2,1-2H3,(H2,16,20). The first-order chi connectivity index (χ1) is 9.74. The van der Waals surface area contributed by atoms with E-state index in [4.69, 9.17) is 18.0 Å². The first-order valence-corrected chi connectivity index (χ1v) is 9.16. The first kappa shape index (κ1) is 16.4.